The maximum atomic E-state index is 12.8. The van der Waals surface area contributed by atoms with Crippen molar-refractivity contribution in [1.82, 2.24) is 24.8 Å². The summed E-state index contributed by atoms with van der Waals surface area (Å²) in [4.78, 5) is 31.7. The molecular weight excluding hydrogens is 488 g/mol. The van der Waals surface area contributed by atoms with Gasteiger partial charge in [0.15, 0.2) is 11.2 Å². The first-order valence-corrected chi connectivity index (χ1v) is 14.7. The Kier molecular flexibility index (Phi) is 9.12. The zero-order valence-electron chi connectivity index (χ0n) is 19.7. The van der Waals surface area contributed by atoms with Gasteiger partial charge >= 0.3 is 0 Å². The Morgan fingerprint density at radius 1 is 1.15 bits per heavy atom. The van der Waals surface area contributed by atoms with Crippen LogP contribution < -0.4 is 5.32 Å². The molecule has 1 aliphatic heterocycles. The lowest BCUT2D eigenvalue weighted by atomic mass is 10.3. The fourth-order valence-electron chi connectivity index (χ4n) is 3.85. The number of fused-ring (bicyclic) bond motifs is 1. The van der Waals surface area contributed by atoms with Crippen LogP contribution in [0.5, 0.6) is 0 Å². The van der Waals surface area contributed by atoms with Crippen molar-refractivity contribution in [2.75, 3.05) is 62.8 Å². The Balaban J connectivity index is 1.17. The van der Waals surface area contributed by atoms with Gasteiger partial charge in [-0.2, -0.15) is 4.98 Å². The first-order chi connectivity index (χ1) is 16.6. The molecule has 0 aromatic carbocycles. The molecule has 182 valence electrons. The monoisotopic (exact) mass is 518 g/mol. The molecule has 0 unspecified atom stereocenters. The minimum absolute atomic E-state index is 0.0222. The molecule has 4 heterocycles. The zero-order chi connectivity index (χ0) is 23.9. The SMILES string of the molecule is CSc1cc(C)nc(SC)c1NC(=O)CN1CCN(CCCSc2nc3ncccc3o2)CC1. The number of hydrogen-bond donors (Lipinski definition) is 1. The number of hydrogen-bond acceptors (Lipinski definition) is 10. The van der Waals surface area contributed by atoms with Crippen LogP contribution in [-0.4, -0.2) is 88.2 Å². The van der Waals surface area contributed by atoms with Crippen LogP contribution in [0.1, 0.15) is 12.1 Å². The van der Waals surface area contributed by atoms with Crippen molar-refractivity contribution in [1.29, 1.82) is 0 Å². The fraction of sp³-hybridized carbons (Fsp3) is 0.478. The molecule has 1 saturated heterocycles. The van der Waals surface area contributed by atoms with E-state index in [1.165, 1.54) is 0 Å². The first-order valence-electron chi connectivity index (χ1n) is 11.2. The van der Waals surface area contributed by atoms with Gasteiger partial charge in [-0.1, -0.05) is 11.8 Å². The Morgan fingerprint density at radius 2 is 1.94 bits per heavy atom. The molecule has 4 rings (SSSR count). The summed E-state index contributed by atoms with van der Waals surface area (Å²) < 4.78 is 5.71. The topological polar surface area (TPSA) is 87.4 Å². The number of carbonyl (C=O) groups excluding carboxylic acids is 1. The van der Waals surface area contributed by atoms with Gasteiger partial charge in [-0.05, 0) is 50.6 Å². The van der Waals surface area contributed by atoms with E-state index in [1.807, 2.05) is 37.6 Å². The van der Waals surface area contributed by atoms with E-state index in [0.29, 0.717) is 17.4 Å². The van der Waals surface area contributed by atoms with Crippen LogP contribution in [0.4, 0.5) is 5.69 Å². The van der Waals surface area contributed by atoms with Crippen molar-refractivity contribution >= 4 is 58.1 Å². The van der Waals surface area contributed by atoms with Gasteiger partial charge in [0.1, 0.15) is 5.03 Å². The second-order valence-corrected chi connectivity index (χ2v) is 10.7. The molecule has 0 aliphatic carbocycles. The Morgan fingerprint density at radius 3 is 2.68 bits per heavy atom. The number of aromatic nitrogens is 3. The largest absolute Gasteiger partial charge is 0.430 e. The molecule has 0 radical (unpaired) electrons. The number of amides is 1. The first kappa shape index (κ1) is 25.3. The number of nitrogens with zero attached hydrogens (tertiary/aromatic N) is 5. The molecule has 1 N–H and O–H groups in total. The second kappa shape index (κ2) is 12.3. The van der Waals surface area contributed by atoms with Crippen LogP contribution >= 0.6 is 35.3 Å². The Hall–Kier alpha value is -1.79. The molecule has 1 amide bonds. The lowest BCUT2D eigenvalue weighted by molar-refractivity contribution is -0.117. The van der Waals surface area contributed by atoms with Crippen molar-refractivity contribution in [2.24, 2.45) is 0 Å². The van der Waals surface area contributed by atoms with Gasteiger partial charge in [0.05, 0.1) is 12.2 Å². The Bertz CT molecular complexity index is 1060. The number of pyridine rings is 2. The number of oxazole rings is 1. The highest BCUT2D eigenvalue weighted by Crippen LogP contribution is 2.33. The maximum absolute atomic E-state index is 12.8. The van der Waals surface area contributed by atoms with Crippen LogP contribution in [-0.2, 0) is 4.79 Å². The third-order valence-corrected chi connectivity index (χ3v) is 7.94. The van der Waals surface area contributed by atoms with Crippen LogP contribution in [0.25, 0.3) is 11.2 Å². The van der Waals surface area contributed by atoms with Crippen molar-refractivity contribution < 1.29 is 9.21 Å². The number of thioether (sulfide) groups is 3. The lowest BCUT2D eigenvalue weighted by Crippen LogP contribution is -2.48. The van der Waals surface area contributed by atoms with Crippen molar-refractivity contribution in [3.05, 3.63) is 30.1 Å². The van der Waals surface area contributed by atoms with E-state index >= 15 is 0 Å². The number of anilines is 1. The molecule has 8 nitrogen and oxygen atoms in total. The van der Waals surface area contributed by atoms with Gasteiger partial charge in [-0.15, -0.1) is 23.5 Å². The number of aryl methyl sites for hydroxylation is 1. The molecule has 3 aromatic rings. The van der Waals surface area contributed by atoms with E-state index in [0.717, 1.165) is 71.8 Å². The summed E-state index contributed by atoms with van der Waals surface area (Å²) >= 11 is 4.83. The normalized spacial score (nSPS) is 15.1. The third kappa shape index (κ3) is 6.66. The molecule has 0 spiro atoms. The summed E-state index contributed by atoms with van der Waals surface area (Å²) in [6.45, 7) is 7.17. The fourth-order valence-corrected chi connectivity index (χ4v) is 5.90. The summed E-state index contributed by atoms with van der Waals surface area (Å²) in [6.07, 6.45) is 6.80. The number of piperazine rings is 1. The minimum Gasteiger partial charge on any atom is -0.430 e. The molecule has 3 aromatic heterocycles. The van der Waals surface area contributed by atoms with E-state index < -0.39 is 0 Å². The van der Waals surface area contributed by atoms with Gasteiger partial charge < -0.3 is 14.6 Å². The summed E-state index contributed by atoms with van der Waals surface area (Å²) in [6, 6.07) is 5.77. The van der Waals surface area contributed by atoms with Crippen LogP contribution in [0.3, 0.4) is 0 Å². The van der Waals surface area contributed by atoms with Gasteiger partial charge in [0.2, 0.25) is 5.91 Å². The highest BCUT2D eigenvalue weighted by Gasteiger charge is 2.20. The quantitative estimate of drug-likeness (QED) is 0.312. The van der Waals surface area contributed by atoms with E-state index in [1.54, 1.807) is 41.5 Å². The van der Waals surface area contributed by atoms with Gasteiger partial charge in [0, 0.05) is 48.7 Å². The predicted molar refractivity (Wildman–Crippen MR) is 141 cm³/mol. The lowest BCUT2D eigenvalue weighted by Gasteiger charge is -2.34. The van der Waals surface area contributed by atoms with E-state index in [-0.39, 0.29) is 5.91 Å². The molecule has 1 fully saturated rings. The van der Waals surface area contributed by atoms with Gasteiger partial charge in [-0.25, -0.2) is 9.97 Å². The molecular formula is C23H30N6O2S3. The van der Waals surface area contributed by atoms with Gasteiger partial charge in [0.25, 0.3) is 5.22 Å². The second-order valence-electron chi connectivity index (χ2n) is 8.02. The Labute approximate surface area is 213 Å². The highest BCUT2D eigenvalue weighted by molar-refractivity contribution is 7.99. The van der Waals surface area contributed by atoms with Crippen LogP contribution in [0, 0.1) is 6.92 Å². The third-order valence-electron chi connectivity index (χ3n) is 5.58. The summed E-state index contributed by atoms with van der Waals surface area (Å²) in [7, 11) is 0. The summed E-state index contributed by atoms with van der Waals surface area (Å²) in [5.74, 6) is 0.976. The summed E-state index contributed by atoms with van der Waals surface area (Å²) in [5, 5.41) is 4.67. The molecule has 11 heteroatoms. The molecule has 0 atom stereocenters. The smallest absolute Gasteiger partial charge is 0.258 e. The van der Waals surface area contributed by atoms with Gasteiger partial charge in [-0.3, -0.25) is 9.69 Å². The molecule has 0 saturated carbocycles. The summed E-state index contributed by atoms with van der Waals surface area (Å²) in [5.41, 5.74) is 3.20. The zero-order valence-corrected chi connectivity index (χ0v) is 22.2. The van der Waals surface area contributed by atoms with Crippen LogP contribution in [0.15, 0.2) is 44.0 Å². The van der Waals surface area contributed by atoms with E-state index in [2.05, 4.69) is 30.1 Å². The average Bonchev–Trinajstić information content (AvgIpc) is 3.26. The molecule has 0 bridgehead atoms. The number of rotatable bonds is 10. The number of nitrogens with one attached hydrogen (secondary N) is 1. The molecule has 1 aliphatic rings. The van der Waals surface area contributed by atoms with Crippen molar-refractivity contribution in [3.8, 4) is 0 Å². The van der Waals surface area contributed by atoms with Crippen LogP contribution in [0.2, 0.25) is 0 Å². The predicted octanol–water partition coefficient (Wildman–Crippen LogP) is 4.11. The van der Waals surface area contributed by atoms with Crippen molar-refractivity contribution in [2.45, 2.75) is 28.5 Å². The average molecular weight is 519 g/mol. The minimum atomic E-state index is 0.0222. The van der Waals surface area contributed by atoms with Crippen molar-refractivity contribution in [3.63, 3.8) is 0 Å². The highest BCUT2D eigenvalue weighted by atomic mass is 32.2. The maximum Gasteiger partial charge on any atom is 0.258 e. The van der Waals surface area contributed by atoms with E-state index in [4.69, 9.17) is 4.42 Å². The molecule has 34 heavy (non-hydrogen) atoms. The number of carbonyl (C=O) groups is 1. The standard InChI is InChI=1S/C23H30N6O2S3/c1-16-14-18(32-2)20(22(25-16)33-3)26-19(30)15-29-11-9-28(10-12-29)8-5-13-34-23-27-21-17(31-23)6-4-7-24-21/h4,6-7,14H,5,8-13,15H2,1-3H3,(H,26,30). The van der Waals surface area contributed by atoms with E-state index in [9.17, 15) is 4.79 Å².